The van der Waals surface area contributed by atoms with Gasteiger partial charge in [0.1, 0.15) is 0 Å². The molecular formula is C28H45NO2Si3. The number of hydrogen-bond acceptors (Lipinski definition) is 3. The molecule has 0 fully saturated rings. The smallest absolute Gasteiger partial charge is 0.311 e. The SMILES string of the molecule is CCCCCCCC[Si](C)(C)O[Si](C)(C)O[Si](C)(C)Cc1ccc(-c2ccc(C#N)cc2)cc1. The Morgan fingerprint density at radius 2 is 1.18 bits per heavy atom. The molecule has 0 radical (unpaired) electrons. The van der Waals surface area contributed by atoms with Crippen LogP contribution in [0, 0.1) is 11.3 Å². The molecule has 0 aliphatic carbocycles. The molecule has 0 aliphatic heterocycles. The van der Waals surface area contributed by atoms with Gasteiger partial charge in [-0.3, -0.25) is 0 Å². The molecule has 34 heavy (non-hydrogen) atoms. The summed E-state index contributed by atoms with van der Waals surface area (Å²) in [5.41, 5.74) is 4.33. The van der Waals surface area contributed by atoms with E-state index in [4.69, 9.17) is 13.5 Å². The summed E-state index contributed by atoms with van der Waals surface area (Å²) in [6.07, 6.45) is 8.03. The number of benzene rings is 2. The molecule has 2 aromatic carbocycles. The van der Waals surface area contributed by atoms with Gasteiger partial charge in [-0.2, -0.15) is 5.26 Å². The number of unbranched alkanes of at least 4 members (excludes halogenated alkanes) is 5. The molecule has 0 aromatic heterocycles. The molecule has 0 saturated heterocycles. The van der Waals surface area contributed by atoms with Crippen LogP contribution in [0.1, 0.15) is 56.6 Å². The van der Waals surface area contributed by atoms with Crippen LogP contribution in [0.4, 0.5) is 0 Å². The first-order valence-corrected chi connectivity index (χ1v) is 22.0. The van der Waals surface area contributed by atoms with Gasteiger partial charge >= 0.3 is 8.56 Å². The first-order valence-electron chi connectivity index (χ1n) is 13.0. The van der Waals surface area contributed by atoms with E-state index in [-0.39, 0.29) is 0 Å². The Balaban J connectivity index is 1.90. The van der Waals surface area contributed by atoms with E-state index in [2.05, 4.69) is 76.5 Å². The molecule has 0 atom stereocenters. The molecule has 2 rings (SSSR count). The number of nitrogens with zero attached hydrogens (tertiary/aromatic N) is 1. The fourth-order valence-corrected chi connectivity index (χ4v) is 19.0. The second-order valence-electron chi connectivity index (χ2n) is 11.2. The summed E-state index contributed by atoms with van der Waals surface area (Å²) in [5.74, 6) is 0. The second kappa shape index (κ2) is 13.0. The first kappa shape index (κ1) is 28.7. The normalized spacial score (nSPS) is 12.5. The Kier molecular flexibility index (Phi) is 11.0. The molecule has 0 saturated carbocycles. The van der Waals surface area contributed by atoms with Crippen LogP contribution in [-0.2, 0) is 14.3 Å². The maximum absolute atomic E-state index is 9.00. The predicted molar refractivity (Wildman–Crippen MR) is 153 cm³/mol. The van der Waals surface area contributed by atoms with Crippen molar-refractivity contribution in [3.8, 4) is 17.2 Å². The van der Waals surface area contributed by atoms with Crippen molar-refractivity contribution in [3.05, 3.63) is 59.7 Å². The Morgan fingerprint density at radius 3 is 1.74 bits per heavy atom. The van der Waals surface area contributed by atoms with Crippen molar-refractivity contribution in [1.29, 1.82) is 5.26 Å². The van der Waals surface area contributed by atoms with Gasteiger partial charge in [0.25, 0.3) is 0 Å². The van der Waals surface area contributed by atoms with E-state index in [0.717, 1.165) is 11.6 Å². The van der Waals surface area contributed by atoms with E-state index < -0.39 is 25.2 Å². The van der Waals surface area contributed by atoms with E-state index in [9.17, 15) is 0 Å². The highest BCUT2D eigenvalue weighted by Crippen LogP contribution is 2.27. The Labute approximate surface area is 212 Å². The third-order valence-corrected chi connectivity index (χ3v) is 17.3. The minimum Gasteiger partial charge on any atom is -0.437 e. The largest absolute Gasteiger partial charge is 0.437 e. The third-order valence-electron chi connectivity index (χ3n) is 6.11. The summed E-state index contributed by atoms with van der Waals surface area (Å²) >= 11 is 0. The quantitative estimate of drug-likeness (QED) is 0.188. The van der Waals surface area contributed by atoms with Crippen LogP contribution >= 0.6 is 0 Å². The van der Waals surface area contributed by atoms with Crippen LogP contribution in [0.25, 0.3) is 11.1 Å². The average molecular weight is 512 g/mol. The summed E-state index contributed by atoms with van der Waals surface area (Å²) in [4.78, 5) is 0. The van der Waals surface area contributed by atoms with E-state index in [1.807, 2.05) is 24.3 Å². The highest BCUT2D eigenvalue weighted by Gasteiger charge is 2.39. The van der Waals surface area contributed by atoms with Crippen molar-refractivity contribution in [2.45, 2.75) is 96.8 Å². The Morgan fingerprint density at radius 1 is 0.676 bits per heavy atom. The molecule has 6 heteroatoms. The van der Waals surface area contributed by atoms with Crippen LogP contribution in [0.5, 0.6) is 0 Å². The van der Waals surface area contributed by atoms with Gasteiger partial charge in [0.2, 0.25) is 0 Å². The lowest BCUT2D eigenvalue weighted by Crippen LogP contribution is -2.53. The van der Waals surface area contributed by atoms with Crippen LogP contribution in [0.3, 0.4) is 0 Å². The number of nitriles is 1. The molecule has 0 amide bonds. The van der Waals surface area contributed by atoms with E-state index in [1.165, 1.54) is 55.7 Å². The van der Waals surface area contributed by atoms with Gasteiger partial charge in [-0.25, -0.2) is 0 Å². The highest BCUT2D eigenvalue weighted by molar-refractivity contribution is 6.87. The van der Waals surface area contributed by atoms with Gasteiger partial charge in [0.05, 0.1) is 11.6 Å². The van der Waals surface area contributed by atoms with Gasteiger partial charge in [-0.1, -0.05) is 81.8 Å². The fraction of sp³-hybridized carbons (Fsp3) is 0.536. The van der Waals surface area contributed by atoms with Crippen molar-refractivity contribution < 1.29 is 8.23 Å². The molecular weight excluding hydrogens is 467 g/mol. The summed E-state index contributed by atoms with van der Waals surface area (Å²) in [6.45, 7) is 16.1. The van der Waals surface area contributed by atoms with Gasteiger partial charge in [0, 0.05) is 0 Å². The van der Waals surface area contributed by atoms with Crippen molar-refractivity contribution in [2.75, 3.05) is 0 Å². The van der Waals surface area contributed by atoms with Crippen molar-refractivity contribution >= 4 is 25.2 Å². The monoisotopic (exact) mass is 511 g/mol. The zero-order valence-corrected chi connectivity index (χ0v) is 25.5. The standard InChI is InChI=1S/C28H45NO2Si3/c1-8-9-10-11-12-13-22-32(2,3)30-34(6,7)31-33(4,5)24-26-16-20-28(21-17-26)27-18-14-25(23-29)15-19-27/h14-21H,8-13,22,24H2,1-7H3. The van der Waals surface area contributed by atoms with E-state index in [0.29, 0.717) is 5.56 Å². The summed E-state index contributed by atoms with van der Waals surface area (Å²) in [7, 11) is -5.82. The zero-order valence-electron chi connectivity index (χ0n) is 22.5. The molecule has 0 N–H and O–H groups in total. The van der Waals surface area contributed by atoms with E-state index in [1.54, 1.807) is 0 Å². The number of hydrogen-bond donors (Lipinski definition) is 0. The van der Waals surface area contributed by atoms with Gasteiger partial charge in [-0.15, -0.1) is 0 Å². The molecule has 3 nitrogen and oxygen atoms in total. The lowest BCUT2D eigenvalue weighted by atomic mass is 10.0. The Hall–Kier alpha value is -1.50. The summed E-state index contributed by atoms with van der Waals surface area (Å²) < 4.78 is 13.6. The predicted octanol–water partition coefficient (Wildman–Crippen LogP) is 8.81. The van der Waals surface area contributed by atoms with Gasteiger partial charge in [0.15, 0.2) is 16.6 Å². The lowest BCUT2D eigenvalue weighted by molar-refractivity contribution is 0.387. The van der Waals surface area contributed by atoms with Gasteiger partial charge in [-0.05, 0) is 80.2 Å². The molecule has 0 spiro atoms. The summed E-state index contributed by atoms with van der Waals surface area (Å²) in [6, 6.07) is 21.0. The van der Waals surface area contributed by atoms with Crippen LogP contribution in [0.15, 0.2) is 48.5 Å². The summed E-state index contributed by atoms with van der Waals surface area (Å²) in [5, 5.41) is 9.00. The van der Waals surface area contributed by atoms with Gasteiger partial charge < -0.3 is 8.23 Å². The van der Waals surface area contributed by atoms with Crippen LogP contribution in [0.2, 0.25) is 45.3 Å². The van der Waals surface area contributed by atoms with Crippen molar-refractivity contribution in [1.82, 2.24) is 0 Å². The molecule has 0 heterocycles. The average Bonchev–Trinajstić information content (AvgIpc) is 2.75. The minimum absolute atomic E-state index is 0.692. The number of rotatable bonds is 14. The molecule has 0 aliphatic rings. The Bertz CT molecular complexity index is 916. The molecule has 0 unspecified atom stereocenters. The molecule has 2 aromatic rings. The molecule has 0 bridgehead atoms. The zero-order chi connectivity index (χ0) is 25.2. The van der Waals surface area contributed by atoms with Crippen LogP contribution < -0.4 is 0 Å². The maximum Gasteiger partial charge on any atom is 0.311 e. The fourth-order valence-electron chi connectivity index (χ4n) is 4.81. The first-order chi connectivity index (χ1) is 16.0. The maximum atomic E-state index is 9.00. The molecule has 186 valence electrons. The minimum atomic E-state index is -2.18. The van der Waals surface area contributed by atoms with E-state index >= 15 is 0 Å². The third kappa shape index (κ3) is 10.4. The van der Waals surface area contributed by atoms with Crippen molar-refractivity contribution in [3.63, 3.8) is 0 Å². The van der Waals surface area contributed by atoms with Crippen molar-refractivity contribution in [2.24, 2.45) is 0 Å². The topological polar surface area (TPSA) is 42.2 Å². The van der Waals surface area contributed by atoms with Crippen LogP contribution in [-0.4, -0.2) is 25.2 Å². The second-order valence-corrected chi connectivity index (χ2v) is 23.5. The highest BCUT2D eigenvalue weighted by atomic mass is 28.5. The lowest BCUT2D eigenvalue weighted by Gasteiger charge is -2.39.